The van der Waals surface area contributed by atoms with Gasteiger partial charge in [0.2, 0.25) is 0 Å². The van der Waals surface area contributed by atoms with E-state index in [4.69, 9.17) is 15.3 Å². The molecule has 0 aliphatic carbocycles. The van der Waals surface area contributed by atoms with E-state index < -0.39 is 54.1 Å². The van der Waals surface area contributed by atoms with Crippen LogP contribution < -0.4 is 30.6 Å². The average molecular weight is 943 g/mol. The maximum atomic E-state index is 9.93. The van der Waals surface area contributed by atoms with Gasteiger partial charge >= 0.3 is 0 Å². The molecular weight excluding hydrogens is 888 g/mol. The van der Waals surface area contributed by atoms with Crippen molar-refractivity contribution in [2.45, 2.75) is 116 Å². The molecule has 3 aromatic heterocycles. The number of carboxylic acids is 6. The van der Waals surface area contributed by atoms with E-state index in [9.17, 15) is 59.4 Å². The van der Waals surface area contributed by atoms with Crippen LogP contribution in [-0.2, 0) is 49.8 Å². The van der Waals surface area contributed by atoms with Crippen molar-refractivity contribution in [3.05, 3.63) is 72.9 Å². The van der Waals surface area contributed by atoms with Crippen molar-refractivity contribution in [3.63, 3.8) is 0 Å². The molecule has 3 rings (SSSR count). The minimum absolute atomic E-state index is 0. The van der Waals surface area contributed by atoms with Crippen LogP contribution >= 0.6 is 0 Å². The SMILES string of the molecule is CCCCCC(O)C(=O)[O-].CCCCCC(O)C(=O)[O-].CCCCCC(O)C(=O)[O-].O=C([O-])C=Cc1cnc[nH]1.O=C([O-])C=Cc1cnc[nH]1.O=C([O-])C=Cc1cnc[nH]1.[Mo]. The first-order chi connectivity index (χ1) is 28.4. The summed E-state index contributed by atoms with van der Waals surface area (Å²) in [5.74, 6) is -7.73. The molecule has 0 bridgehead atoms. The molecule has 3 atom stereocenters. The molecule has 3 unspecified atom stereocenters. The van der Waals surface area contributed by atoms with E-state index >= 15 is 0 Å². The van der Waals surface area contributed by atoms with E-state index in [0.717, 1.165) is 76.0 Å². The number of hydrogen-bond acceptors (Lipinski definition) is 18. The van der Waals surface area contributed by atoms with Crippen LogP contribution in [0.1, 0.15) is 115 Å². The number of nitrogens with zero attached hydrogens (tertiary/aromatic N) is 3. The number of nitrogens with one attached hydrogen (secondary N) is 3. The van der Waals surface area contributed by atoms with E-state index in [0.29, 0.717) is 36.3 Å². The summed E-state index contributed by atoms with van der Waals surface area (Å²) in [5.41, 5.74) is 1.93. The predicted octanol–water partition coefficient (Wildman–Crippen LogP) is -3.45. The van der Waals surface area contributed by atoms with Gasteiger partial charge in [-0.15, -0.1) is 0 Å². The summed E-state index contributed by atoms with van der Waals surface area (Å²) in [4.78, 5) is 78.5. The van der Waals surface area contributed by atoms with Crippen molar-refractivity contribution < 1.29 is 95.8 Å². The number of unbranched alkanes of at least 4 members (excludes halogenated alkanes) is 6. The standard InChI is InChI=1S/3C7H14O3.3C6H6N2O2.Mo/c3*1-2-3-4-5-6(8)7(9)10;3*9-6(10)2-1-5-3-7-4-8-5;/h3*6,8H,2-5H2,1H3,(H,9,10);3*1-4H,(H,7,8)(H,9,10);/p-6. The quantitative estimate of drug-likeness (QED) is 0.0343. The zero-order chi connectivity index (χ0) is 46.1. The van der Waals surface area contributed by atoms with Crippen molar-refractivity contribution in [1.29, 1.82) is 0 Å². The van der Waals surface area contributed by atoms with E-state index in [2.05, 4.69) is 29.9 Å². The molecule has 3 aromatic rings. The molecule has 0 aromatic carbocycles. The fourth-order valence-corrected chi connectivity index (χ4v) is 3.66. The Balaban J connectivity index is -0.000000319. The van der Waals surface area contributed by atoms with Gasteiger partial charge in [0.1, 0.15) is 0 Å². The predicted molar refractivity (Wildman–Crippen MR) is 203 cm³/mol. The van der Waals surface area contributed by atoms with Crippen LogP contribution in [0.2, 0.25) is 0 Å². The Morgan fingerprint density at radius 1 is 0.492 bits per heavy atom. The number of aromatic nitrogens is 6. The van der Waals surface area contributed by atoms with E-state index in [1.165, 1.54) is 55.8 Å². The van der Waals surface area contributed by atoms with Gasteiger partial charge in [0.25, 0.3) is 0 Å². The number of imidazole rings is 3. The van der Waals surface area contributed by atoms with Crippen LogP contribution in [0.15, 0.2) is 55.8 Å². The number of carbonyl (C=O) groups is 6. The zero-order valence-electron chi connectivity index (χ0n) is 34.1. The van der Waals surface area contributed by atoms with Crippen LogP contribution in [0.25, 0.3) is 18.2 Å². The molecule has 0 aliphatic rings. The van der Waals surface area contributed by atoms with Gasteiger partial charge in [-0.25, -0.2) is 15.0 Å². The third-order valence-corrected chi connectivity index (χ3v) is 6.81. The maximum Gasteiger partial charge on any atom is 0.0933 e. The second kappa shape index (κ2) is 42.4. The number of aromatic amines is 3. The summed E-state index contributed by atoms with van der Waals surface area (Å²) < 4.78 is 0. The molecule has 0 aliphatic heterocycles. The molecule has 342 valence electrons. The number of carbonyl (C=O) groups excluding carboxylic acids is 6. The van der Waals surface area contributed by atoms with Crippen LogP contribution in [0.5, 0.6) is 0 Å². The van der Waals surface area contributed by atoms with Gasteiger partial charge in [0.15, 0.2) is 0 Å². The normalized spacial score (nSPS) is 11.5. The number of aliphatic hydroxyl groups excluding tert-OH is 3. The Morgan fingerprint density at radius 2 is 0.721 bits per heavy atom. The topological polar surface area (TPSA) is 388 Å². The van der Waals surface area contributed by atoms with Gasteiger partial charge in [-0.3, -0.25) is 0 Å². The molecule has 21 nitrogen and oxygen atoms in total. The molecule has 0 radical (unpaired) electrons. The van der Waals surface area contributed by atoms with Gasteiger partial charge < -0.3 is 89.7 Å². The van der Waals surface area contributed by atoms with Gasteiger partial charge in [0, 0.05) is 21.1 Å². The van der Waals surface area contributed by atoms with Crippen molar-refractivity contribution in [2.24, 2.45) is 0 Å². The second-order valence-corrected chi connectivity index (χ2v) is 12.0. The van der Waals surface area contributed by atoms with Crippen molar-refractivity contribution in [1.82, 2.24) is 29.9 Å². The van der Waals surface area contributed by atoms with E-state index in [-0.39, 0.29) is 21.1 Å². The molecule has 0 fully saturated rings. The van der Waals surface area contributed by atoms with Crippen LogP contribution in [0.3, 0.4) is 0 Å². The summed E-state index contributed by atoms with van der Waals surface area (Å²) in [7, 11) is 0. The van der Waals surface area contributed by atoms with Crippen LogP contribution in [0.4, 0.5) is 0 Å². The number of H-pyrrole nitrogens is 3. The first kappa shape index (κ1) is 61.9. The smallest absolute Gasteiger partial charge is 0.0933 e. The Hall–Kier alpha value is -5.76. The Morgan fingerprint density at radius 3 is 0.869 bits per heavy atom. The minimum atomic E-state index is -1.36. The summed E-state index contributed by atoms with van der Waals surface area (Å²) in [6, 6.07) is 0. The van der Waals surface area contributed by atoms with Gasteiger partial charge in [-0.1, -0.05) is 78.6 Å². The van der Waals surface area contributed by atoms with Gasteiger partial charge in [-0.2, -0.15) is 0 Å². The zero-order valence-corrected chi connectivity index (χ0v) is 36.1. The molecule has 0 saturated carbocycles. The number of hydrogen-bond donors (Lipinski definition) is 6. The van der Waals surface area contributed by atoms with Gasteiger partial charge in [0.05, 0.1) is 109 Å². The summed E-state index contributed by atoms with van der Waals surface area (Å²) in [5, 5.41) is 85.5. The van der Waals surface area contributed by atoms with Crippen molar-refractivity contribution >= 4 is 54.0 Å². The number of carboxylic acid groups (broad SMARTS) is 6. The first-order valence-corrected chi connectivity index (χ1v) is 18.7. The average Bonchev–Trinajstić information content (AvgIpc) is 4.02. The third-order valence-electron chi connectivity index (χ3n) is 6.81. The largest absolute Gasteiger partial charge is 0.547 e. The Kier molecular flexibility index (Phi) is 43.0. The summed E-state index contributed by atoms with van der Waals surface area (Å²) in [6.45, 7) is 6.06. The first-order valence-electron chi connectivity index (χ1n) is 18.7. The third kappa shape index (κ3) is 45.2. The molecule has 3 heterocycles. The molecule has 6 N–H and O–H groups in total. The monoisotopic (exact) mass is 944 g/mol. The number of aliphatic hydroxyl groups is 3. The molecular formula is C39H54MoN6O15-6. The van der Waals surface area contributed by atoms with E-state index in [1.807, 2.05) is 20.8 Å². The number of rotatable bonds is 21. The van der Waals surface area contributed by atoms with Crippen molar-refractivity contribution in [3.8, 4) is 0 Å². The summed E-state index contributed by atoms with van der Waals surface area (Å²) in [6.07, 6.45) is 21.3. The molecule has 61 heavy (non-hydrogen) atoms. The number of aliphatic carboxylic acids is 6. The minimum Gasteiger partial charge on any atom is -0.547 e. The Bertz CT molecular complexity index is 1440. The van der Waals surface area contributed by atoms with Crippen molar-refractivity contribution in [2.75, 3.05) is 0 Å². The molecule has 22 heteroatoms. The molecule has 0 amide bonds. The van der Waals surface area contributed by atoms with Gasteiger partial charge in [-0.05, 0) is 55.7 Å². The fraction of sp³-hybridized carbons (Fsp3) is 0.462. The molecule has 0 spiro atoms. The fourth-order valence-electron chi connectivity index (χ4n) is 3.66. The maximum absolute atomic E-state index is 9.93. The van der Waals surface area contributed by atoms with Crippen LogP contribution in [-0.4, -0.2) is 99.4 Å². The van der Waals surface area contributed by atoms with E-state index in [1.54, 1.807) is 0 Å². The molecule has 0 saturated heterocycles. The summed E-state index contributed by atoms with van der Waals surface area (Å²) >= 11 is 0. The second-order valence-electron chi connectivity index (χ2n) is 12.0. The van der Waals surface area contributed by atoms with Crippen LogP contribution in [0, 0.1) is 0 Å². The Labute approximate surface area is 367 Å².